The Bertz CT molecular complexity index is 1870. The fourth-order valence-electron chi connectivity index (χ4n) is 7.57. The summed E-state index contributed by atoms with van der Waals surface area (Å²) in [4.78, 5) is 43.1. The number of nitrogens with one attached hydrogen (secondary N) is 2. The van der Waals surface area contributed by atoms with Crippen molar-refractivity contribution in [3.05, 3.63) is 131 Å². The van der Waals surface area contributed by atoms with E-state index < -0.39 is 11.8 Å². The van der Waals surface area contributed by atoms with E-state index in [1.165, 1.54) is 6.92 Å². The van der Waals surface area contributed by atoms with E-state index in [-0.39, 0.29) is 42.3 Å². The van der Waals surface area contributed by atoms with Gasteiger partial charge in [0.1, 0.15) is 5.54 Å². The highest BCUT2D eigenvalue weighted by Crippen LogP contribution is 2.43. The van der Waals surface area contributed by atoms with Gasteiger partial charge in [0, 0.05) is 53.6 Å². The number of nitrogens with zero attached hydrogens (tertiary/aromatic N) is 2. The highest BCUT2D eigenvalue weighted by Gasteiger charge is 2.51. The van der Waals surface area contributed by atoms with Crippen molar-refractivity contribution in [1.29, 1.82) is 0 Å². The van der Waals surface area contributed by atoms with Gasteiger partial charge in [-0.25, -0.2) is 0 Å². The molecule has 4 atom stereocenters. The Labute approximate surface area is 298 Å². The topological polar surface area (TPSA) is 120 Å². The second kappa shape index (κ2) is 14.8. The monoisotopic (exact) mass is 688 g/mol. The van der Waals surface area contributed by atoms with Crippen LogP contribution in [0.1, 0.15) is 76.5 Å². The maximum absolute atomic E-state index is 13.4. The molecule has 1 unspecified atom stereocenters. The molecule has 2 amide bonds. The summed E-state index contributed by atoms with van der Waals surface area (Å²) in [7, 11) is 0. The van der Waals surface area contributed by atoms with E-state index in [9.17, 15) is 19.5 Å². The normalized spacial score (nSPS) is 23.2. The summed E-state index contributed by atoms with van der Waals surface area (Å²) in [6, 6.07) is 32.0. The lowest BCUT2D eigenvalue weighted by Crippen LogP contribution is -2.57. The third-order valence-electron chi connectivity index (χ3n) is 10.6. The van der Waals surface area contributed by atoms with Gasteiger partial charge < -0.3 is 35.0 Å². The molecule has 0 radical (unpaired) electrons. The Morgan fingerprint density at radius 3 is 2.33 bits per heavy atom. The minimum Gasteiger partial charge on any atom is -0.392 e. The van der Waals surface area contributed by atoms with Gasteiger partial charge in [0.05, 0.1) is 25.5 Å². The average molecular weight is 689 g/mol. The molecule has 3 heterocycles. The van der Waals surface area contributed by atoms with Crippen LogP contribution in [0.25, 0.3) is 0 Å². The first-order chi connectivity index (χ1) is 24.7. The van der Waals surface area contributed by atoms with Crippen LogP contribution in [0.2, 0.25) is 0 Å². The molecule has 1 spiro atoms. The number of Topliss-reactive ketones (excluding diaryl/α,β-unsaturated/α-hetero) is 1. The van der Waals surface area contributed by atoms with Gasteiger partial charge in [-0.1, -0.05) is 73.7 Å². The van der Waals surface area contributed by atoms with E-state index in [1.807, 2.05) is 54.6 Å². The largest absolute Gasteiger partial charge is 0.392 e. The van der Waals surface area contributed by atoms with Crippen LogP contribution in [0.3, 0.4) is 0 Å². The van der Waals surface area contributed by atoms with Crippen molar-refractivity contribution in [1.82, 2.24) is 10.2 Å². The highest BCUT2D eigenvalue weighted by atomic mass is 16.7. The van der Waals surface area contributed by atoms with Crippen LogP contribution in [0, 0.1) is 5.92 Å². The van der Waals surface area contributed by atoms with Crippen molar-refractivity contribution < 1.29 is 29.0 Å². The second-order valence-electron chi connectivity index (χ2n) is 13.8. The number of anilines is 2. The average Bonchev–Trinajstić information content (AvgIpc) is 3.48. The smallest absolute Gasteiger partial charge is 0.255 e. The number of rotatable bonds is 9. The molecule has 10 heteroatoms. The maximum Gasteiger partial charge on any atom is 0.255 e. The predicted molar refractivity (Wildman–Crippen MR) is 194 cm³/mol. The van der Waals surface area contributed by atoms with E-state index in [1.54, 1.807) is 36.4 Å². The van der Waals surface area contributed by atoms with Crippen molar-refractivity contribution in [3.63, 3.8) is 0 Å². The van der Waals surface area contributed by atoms with Crippen LogP contribution in [0.4, 0.5) is 11.4 Å². The number of ketones is 1. The molecule has 51 heavy (non-hydrogen) atoms. The summed E-state index contributed by atoms with van der Waals surface area (Å²) in [5.74, 6) is -0.320. The molecule has 3 aliphatic rings. The zero-order chi connectivity index (χ0) is 35.5. The Hall–Kier alpha value is -4.87. The first-order valence-corrected chi connectivity index (χ1v) is 17.6. The Balaban J connectivity index is 1.10. The third-order valence-corrected chi connectivity index (χ3v) is 10.6. The number of piperidine rings is 1. The number of ether oxygens (including phenoxy) is 2. The summed E-state index contributed by atoms with van der Waals surface area (Å²) in [6.07, 6.45) is 0.141. The van der Waals surface area contributed by atoms with Crippen LogP contribution in [-0.4, -0.2) is 65.5 Å². The molecule has 7 rings (SSSR count). The number of benzene rings is 4. The number of carbonyl (C=O) groups excluding carboxylic acids is 3. The molecule has 0 saturated carbocycles. The van der Waals surface area contributed by atoms with Gasteiger partial charge in [-0.15, -0.1) is 0 Å². The molecule has 4 aromatic carbocycles. The minimum atomic E-state index is -0.743. The van der Waals surface area contributed by atoms with Crippen molar-refractivity contribution in [2.45, 2.75) is 57.3 Å². The quantitative estimate of drug-likeness (QED) is 0.187. The first-order valence-electron chi connectivity index (χ1n) is 17.6. The zero-order valence-electron chi connectivity index (χ0n) is 29.0. The Morgan fingerprint density at radius 1 is 0.882 bits per heavy atom. The summed E-state index contributed by atoms with van der Waals surface area (Å²) < 4.78 is 13.4. The summed E-state index contributed by atoms with van der Waals surface area (Å²) in [6.45, 7) is 6.23. The minimum absolute atomic E-state index is 0.0206. The van der Waals surface area contributed by atoms with Crippen LogP contribution < -0.4 is 15.5 Å². The summed E-state index contributed by atoms with van der Waals surface area (Å²) >= 11 is 0. The predicted octanol–water partition coefficient (Wildman–Crippen LogP) is 5.85. The van der Waals surface area contributed by atoms with Gasteiger partial charge in [0.15, 0.2) is 12.1 Å². The molecule has 3 aliphatic heterocycles. The van der Waals surface area contributed by atoms with Gasteiger partial charge >= 0.3 is 0 Å². The van der Waals surface area contributed by atoms with Crippen molar-refractivity contribution in [2.75, 3.05) is 36.5 Å². The first kappa shape index (κ1) is 34.6. The van der Waals surface area contributed by atoms with Gasteiger partial charge in [-0.3, -0.25) is 14.4 Å². The number of para-hydroxylation sites is 1. The summed E-state index contributed by atoms with van der Waals surface area (Å²) in [5, 5.41) is 15.6. The number of aliphatic hydroxyl groups is 1. The van der Waals surface area contributed by atoms with E-state index in [4.69, 9.17) is 9.47 Å². The van der Waals surface area contributed by atoms with Gasteiger partial charge in [-0.05, 0) is 67.3 Å². The molecule has 0 aromatic heterocycles. The number of hydrogen-bond acceptors (Lipinski definition) is 8. The molecule has 4 aromatic rings. The number of likely N-dealkylation sites (tertiary alicyclic amines) is 1. The number of carbonyl (C=O) groups is 3. The molecular formula is C41H44N4O6. The SMILES string of the molecule is CC(=O)c1cccc(NC(=O)c2cccc(C3O[C@H](CN4CCC5(CC4)C(=O)NCN5c4ccccc4)[C@H](C)[C@H](c4ccc(CO)cc4)O3)c2)c1. The lowest BCUT2D eigenvalue weighted by Gasteiger charge is -2.46. The van der Waals surface area contributed by atoms with Crippen LogP contribution >= 0.6 is 0 Å². The van der Waals surface area contributed by atoms with Gasteiger partial charge in [-0.2, -0.15) is 0 Å². The molecular weight excluding hydrogens is 644 g/mol. The molecule has 3 saturated heterocycles. The van der Waals surface area contributed by atoms with E-state index >= 15 is 0 Å². The van der Waals surface area contributed by atoms with E-state index in [2.05, 4.69) is 39.5 Å². The van der Waals surface area contributed by atoms with Crippen LogP contribution in [0.15, 0.2) is 103 Å². The Morgan fingerprint density at radius 2 is 1.61 bits per heavy atom. The van der Waals surface area contributed by atoms with Gasteiger partial charge in [0.25, 0.3) is 5.91 Å². The molecule has 3 N–H and O–H groups in total. The molecule has 264 valence electrons. The van der Waals surface area contributed by atoms with Crippen molar-refractivity contribution >= 4 is 29.0 Å². The fourth-order valence-corrected chi connectivity index (χ4v) is 7.57. The molecule has 10 nitrogen and oxygen atoms in total. The fraction of sp³-hybridized carbons (Fsp3) is 0.341. The molecule has 0 aliphatic carbocycles. The lowest BCUT2D eigenvalue weighted by molar-refractivity contribution is -0.276. The molecule has 0 bridgehead atoms. The van der Waals surface area contributed by atoms with Crippen molar-refractivity contribution in [2.24, 2.45) is 5.92 Å². The van der Waals surface area contributed by atoms with E-state index in [0.29, 0.717) is 48.4 Å². The third kappa shape index (κ3) is 7.18. The molecule has 3 fully saturated rings. The van der Waals surface area contributed by atoms with E-state index in [0.717, 1.165) is 29.9 Å². The van der Waals surface area contributed by atoms with Crippen molar-refractivity contribution in [3.8, 4) is 0 Å². The Kier molecular flexibility index (Phi) is 10.0. The highest BCUT2D eigenvalue weighted by molar-refractivity contribution is 6.05. The second-order valence-corrected chi connectivity index (χ2v) is 13.8. The van der Waals surface area contributed by atoms with Crippen LogP contribution in [-0.2, 0) is 20.9 Å². The lowest BCUT2D eigenvalue weighted by atomic mass is 9.84. The van der Waals surface area contributed by atoms with Gasteiger partial charge in [0.2, 0.25) is 5.91 Å². The van der Waals surface area contributed by atoms with Crippen LogP contribution in [0.5, 0.6) is 0 Å². The number of aliphatic hydroxyl groups excluding tert-OH is 1. The zero-order valence-corrected chi connectivity index (χ0v) is 29.0. The maximum atomic E-state index is 13.4. The number of hydrogen-bond donors (Lipinski definition) is 3. The standard InChI is InChI=1S/C41H44N4O6/c1-27-36(24-44-20-18-41(19-21-44)40(49)42-26-45(41)35-12-4-3-5-13-35)50-39(51-37(27)30-16-14-29(25-46)15-17-30)33-10-6-9-32(22-33)38(48)43-34-11-7-8-31(23-34)28(2)47/h3-17,22-23,27,36-37,39,46H,18-21,24-26H2,1-2H3,(H,42,49)(H,43,48)/t27-,36+,37+,39?/m0/s1. The number of amides is 2. The summed E-state index contributed by atoms with van der Waals surface area (Å²) in [5.41, 5.74) is 4.48.